The third-order valence-electron chi connectivity index (χ3n) is 3.18. The molecule has 4 nitrogen and oxygen atoms in total. The van der Waals surface area contributed by atoms with Gasteiger partial charge in [0.05, 0.1) is 13.3 Å². The predicted octanol–water partition coefficient (Wildman–Crippen LogP) is 2.70. The molecule has 0 bridgehead atoms. The minimum atomic E-state index is -0.295. The molecule has 0 aliphatic carbocycles. The lowest BCUT2D eigenvalue weighted by atomic mass is 10.1. The van der Waals surface area contributed by atoms with Gasteiger partial charge in [-0.3, -0.25) is 0 Å². The lowest BCUT2D eigenvalue weighted by Crippen LogP contribution is -2.32. The smallest absolute Gasteiger partial charge is 0.349 e. The monoisotopic (exact) mass is 254 g/mol. The van der Waals surface area contributed by atoms with Crippen LogP contribution in [0.3, 0.4) is 0 Å². The van der Waals surface area contributed by atoms with Crippen LogP contribution in [0.5, 0.6) is 0 Å². The Labute approximate surface area is 106 Å². The van der Waals surface area contributed by atoms with Crippen molar-refractivity contribution in [3.05, 3.63) is 11.1 Å². The Balaban J connectivity index is 2.15. The molecule has 1 aromatic heterocycles. The molecule has 1 fully saturated rings. The molecule has 2 heterocycles. The summed E-state index contributed by atoms with van der Waals surface area (Å²) in [6, 6.07) is 0.508. The van der Waals surface area contributed by atoms with Crippen molar-refractivity contribution in [3.63, 3.8) is 0 Å². The van der Waals surface area contributed by atoms with Crippen molar-refractivity contribution in [2.45, 2.75) is 38.6 Å². The van der Waals surface area contributed by atoms with Crippen molar-refractivity contribution < 1.29 is 9.53 Å². The van der Waals surface area contributed by atoms with Crippen LogP contribution < -0.4 is 4.90 Å². The van der Waals surface area contributed by atoms with Crippen LogP contribution >= 0.6 is 11.3 Å². The number of methoxy groups -OCH3 is 1. The van der Waals surface area contributed by atoms with Gasteiger partial charge in [0.15, 0.2) is 5.13 Å². The third kappa shape index (κ3) is 2.77. The average molecular weight is 254 g/mol. The quantitative estimate of drug-likeness (QED) is 0.761. The van der Waals surface area contributed by atoms with E-state index in [2.05, 4.69) is 16.8 Å². The maximum atomic E-state index is 11.4. The molecule has 0 aromatic carbocycles. The van der Waals surface area contributed by atoms with E-state index in [1.807, 2.05) is 0 Å². The lowest BCUT2D eigenvalue weighted by molar-refractivity contribution is 0.0606. The van der Waals surface area contributed by atoms with Crippen molar-refractivity contribution in [1.82, 2.24) is 4.98 Å². The van der Waals surface area contributed by atoms with Gasteiger partial charge in [0.2, 0.25) is 0 Å². The third-order valence-corrected chi connectivity index (χ3v) is 4.19. The Morgan fingerprint density at radius 3 is 3.12 bits per heavy atom. The van der Waals surface area contributed by atoms with Crippen molar-refractivity contribution in [2.24, 2.45) is 0 Å². The second-order valence-electron chi connectivity index (χ2n) is 4.39. The summed E-state index contributed by atoms with van der Waals surface area (Å²) in [4.78, 5) is 18.6. The van der Waals surface area contributed by atoms with Gasteiger partial charge >= 0.3 is 5.97 Å². The molecule has 0 N–H and O–H groups in total. The average Bonchev–Trinajstić information content (AvgIpc) is 2.72. The summed E-state index contributed by atoms with van der Waals surface area (Å²) in [6.07, 6.45) is 6.59. The van der Waals surface area contributed by atoms with E-state index in [9.17, 15) is 4.79 Å². The number of esters is 1. The number of ether oxygens (including phenoxy) is 1. The maximum absolute atomic E-state index is 11.4. The van der Waals surface area contributed by atoms with Crippen LogP contribution in [0.1, 0.15) is 42.3 Å². The maximum Gasteiger partial charge on any atom is 0.349 e. The highest BCUT2D eigenvalue weighted by atomic mass is 32.1. The largest absolute Gasteiger partial charge is 0.465 e. The van der Waals surface area contributed by atoms with E-state index in [1.54, 1.807) is 6.20 Å². The second-order valence-corrected chi connectivity index (χ2v) is 5.40. The second kappa shape index (κ2) is 5.49. The predicted molar refractivity (Wildman–Crippen MR) is 68.7 cm³/mol. The Morgan fingerprint density at radius 1 is 1.53 bits per heavy atom. The number of carbonyl (C=O) groups is 1. The van der Waals surface area contributed by atoms with E-state index in [0.29, 0.717) is 10.9 Å². The molecule has 94 valence electrons. The molecule has 1 atom stereocenters. The zero-order valence-corrected chi connectivity index (χ0v) is 11.1. The molecule has 0 spiro atoms. The van der Waals surface area contributed by atoms with Crippen LogP contribution in [0.2, 0.25) is 0 Å². The highest BCUT2D eigenvalue weighted by Gasteiger charge is 2.21. The molecule has 0 radical (unpaired) electrons. The number of hydrogen-bond acceptors (Lipinski definition) is 5. The van der Waals surface area contributed by atoms with Gasteiger partial charge < -0.3 is 9.64 Å². The van der Waals surface area contributed by atoms with Gasteiger partial charge in [0.25, 0.3) is 0 Å². The van der Waals surface area contributed by atoms with Gasteiger partial charge in [-0.1, -0.05) is 24.2 Å². The Bertz CT molecular complexity index is 392. The number of thiazole rings is 1. The summed E-state index contributed by atoms with van der Waals surface area (Å²) in [5, 5.41) is 0.944. The van der Waals surface area contributed by atoms with Crippen molar-refractivity contribution in [3.8, 4) is 0 Å². The van der Waals surface area contributed by atoms with Crippen LogP contribution in [0, 0.1) is 0 Å². The molecular weight excluding hydrogens is 236 g/mol. The first-order valence-corrected chi connectivity index (χ1v) is 6.85. The zero-order chi connectivity index (χ0) is 12.3. The normalized spacial score (nSPS) is 21.1. The Kier molecular flexibility index (Phi) is 3.99. The summed E-state index contributed by atoms with van der Waals surface area (Å²) in [5.41, 5.74) is 0. The van der Waals surface area contributed by atoms with Gasteiger partial charge in [-0.05, 0) is 19.8 Å². The fraction of sp³-hybridized carbons (Fsp3) is 0.667. The van der Waals surface area contributed by atoms with E-state index in [4.69, 9.17) is 4.74 Å². The van der Waals surface area contributed by atoms with E-state index in [-0.39, 0.29) is 5.97 Å². The van der Waals surface area contributed by atoms with Gasteiger partial charge in [0, 0.05) is 12.6 Å². The highest BCUT2D eigenvalue weighted by Crippen LogP contribution is 2.28. The minimum Gasteiger partial charge on any atom is -0.465 e. The van der Waals surface area contributed by atoms with E-state index in [0.717, 1.165) is 11.7 Å². The van der Waals surface area contributed by atoms with Gasteiger partial charge in [-0.15, -0.1) is 0 Å². The van der Waals surface area contributed by atoms with Gasteiger partial charge in [0.1, 0.15) is 4.88 Å². The Morgan fingerprint density at radius 2 is 2.35 bits per heavy atom. The van der Waals surface area contributed by atoms with Crippen LogP contribution in [0.15, 0.2) is 6.20 Å². The molecule has 2 rings (SSSR count). The summed E-state index contributed by atoms with van der Waals surface area (Å²) in [6.45, 7) is 3.26. The van der Waals surface area contributed by atoms with E-state index >= 15 is 0 Å². The lowest BCUT2D eigenvalue weighted by Gasteiger charge is -2.26. The molecule has 0 saturated carbocycles. The molecule has 5 heteroatoms. The first kappa shape index (κ1) is 12.4. The topological polar surface area (TPSA) is 42.4 Å². The molecular formula is C12H18N2O2S. The highest BCUT2D eigenvalue weighted by molar-refractivity contribution is 7.17. The number of rotatable bonds is 2. The molecule has 0 amide bonds. The number of carbonyl (C=O) groups excluding carboxylic acids is 1. The first-order valence-electron chi connectivity index (χ1n) is 6.03. The van der Waals surface area contributed by atoms with Crippen LogP contribution in [0.4, 0.5) is 5.13 Å². The zero-order valence-electron chi connectivity index (χ0n) is 10.3. The molecule has 1 unspecified atom stereocenters. The van der Waals surface area contributed by atoms with Crippen LogP contribution in [-0.4, -0.2) is 30.6 Å². The SMILES string of the molecule is COC(=O)c1cnc(N2CCCCCC2C)s1. The van der Waals surface area contributed by atoms with Crippen molar-refractivity contribution >= 4 is 22.4 Å². The first-order chi connectivity index (χ1) is 8.22. The molecule has 1 aromatic rings. The fourth-order valence-electron chi connectivity index (χ4n) is 2.15. The summed E-state index contributed by atoms with van der Waals surface area (Å²) in [5.74, 6) is -0.295. The van der Waals surface area contributed by atoms with E-state index < -0.39 is 0 Å². The van der Waals surface area contributed by atoms with Gasteiger partial charge in [-0.2, -0.15) is 0 Å². The minimum absolute atomic E-state index is 0.295. The summed E-state index contributed by atoms with van der Waals surface area (Å²) in [7, 11) is 1.40. The number of anilines is 1. The standard InChI is InChI=1S/C12H18N2O2S/c1-9-6-4-3-5-7-14(9)12-13-8-10(17-12)11(15)16-2/h8-9H,3-7H2,1-2H3. The summed E-state index contributed by atoms with van der Waals surface area (Å²) >= 11 is 1.43. The van der Waals surface area contributed by atoms with Crippen molar-refractivity contribution in [2.75, 3.05) is 18.6 Å². The van der Waals surface area contributed by atoms with E-state index in [1.165, 1.54) is 44.1 Å². The van der Waals surface area contributed by atoms with Crippen LogP contribution in [0.25, 0.3) is 0 Å². The van der Waals surface area contributed by atoms with Crippen LogP contribution in [-0.2, 0) is 4.74 Å². The number of hydrogen-bond donors (Lipinski definition) is 0. The molecule has 1 aliphatic heterocycles. The summed E-state index contributed by atoms with van der Waals surface area (Å²) < 4.78 is 4.70. The molecule has 1 saturated heterocycles. The van der Waals surface area contributed by atoms with Gasteiger partial charge in [-0.25, -0.2) is 9.78 Å². The number of nitrogens with zero attached hydrogens (tertiary/aromatic N) is 2. The molecule has 17 heavy (non-hydrogen) atoms. The number of aromatic nitrogens is 1. The fourth-order valence-corrected chi connectivity index (χ4v) is 3.11. The van der Waals surface area contributed by atoms with Crippen molar-refractivity contribution in [1.29, 1.82) is 0 Å². The Hall–Kier alpha value is -1.10. The molecule has 1 aliphatic rings.